The highest BCUT2D eigenvalue weighted by Gasteiger charge is 2.07. The van der Waals surface area contributed by atoms with Crippen LogP contribution in [0.4, 0.5) is 0 Å². The first-order valence-corrected chi connectivity index (χ1v) is 8.86. The normalized spacial score (nSPS) is 10.9. The van der Waals surface area contributed by atoms with Crippen molar-refractivity contribution in [2.45, 2.75) is 13.0 Å². The Morgan fingerprint density at radius 1 is 1.11 bits per heavy atom. The number of rotatable bonds is 7. The molecule has 0 saturated heterocycles. The molecule has 28 heavy (non-hydrogen) atoms. The lowest BCUT2D eigenvalue weighted by molar-refractivity contribution is 0.414. The molecular formula is C21H25IN4O2. The maximum atomic E-state index is 5.55. The van der Waals surface area contributed by atoms with Gasteiger partial charge in [-0.15, -0.1) is 24.0 Å². The summed E-state index contributed by atoms with van der Waals surface area (Å²) in [4.78, 5) is 8.75. The molecule has 2 aromatic carbocycles. The van der Waals surface area contributed by atoms with Gasteiger partial charge in [-0.1, -0.05) is 30.3 Å². The minimum Gasteiger partial charge on any atom is -0.497 e. The Balaban J connectivity index is 0.00000280. The third-order valence-corrected chi connectivity index (χ3v) is 4.07. The summed E-state index contributed by atoms with van der Waals surface area (Å²) in [6, 6.07) is 17.9. The first-order chi connectivity index (χ1) is 13.3. The van der Waals surface area contributed by atoms with Crippen LogP contribution in [-0.4, -0.2) is 31.6 Å². The summed E-state index contributed by atoms with van der Waals surface area (Å²) in [5.74, 6) is 2.21. The van der Waals surface area contributed by atoms with Crippen molar-refractivity contribution in [3.8, 4) is 17.2 Å². The van der Waals surface area contributed by atoms with Crippen molar-refractivity contribution >= 4 is 29.9 Å². The number of guanidine groups is 1. The number of nitrogens with one attached hydrogen (secondary N) is 2. The molecule has 1 aromatic heterocycles. The molecule has 0 amide bonds. The number of nitrogens with zero attached hydrogens (tertiary/aromatic N) is 2. The average molecular weight is 492 g/mol. The summed E-state index contributed by atoms with van der Waals surface area (Å²) in [6.07, 6.45) is 2.54. The van der Waals surface area contributed by atoms with Crippen molar-refractivity contribution < 1.29 is 9.15 Å². The van der Waals surface area contributed by atoms with Gasteiger partial charge in [-0.05, 0) is 36.2 Å². The van der Waals surface area contributed by atoms with Crippen LogP contribution in [0.5, 0.6) is 5.75 Å². The Morgan fingerprint density at radius 3 is 2.68 bits per heavy atom. The minimum atomic E-state index is 0. The summed E-state index contributed by atoms with van der Waals surface area (Å²) in [5, 5.41) is 6.55. The van der Waals surface area contributed by atoms with Gasteiger partial charge in [0.25, 0.3) is 0 Å². The Labute approximate surface area is 182 Å². The van der Waals surface area contributed by atoms with Crippen LogP contribution in [0, 0.1) is 0 Å². The van der Waals surface area contributed by atoms with Gasteiger partial charge in [-0.25, -0.2) is 4.98 Å². The number of hydrogen-bond donors (Lipinski definition) is 2. The van der Waals surface area contributed by atoms with E-state index in [4.69, 9.17) is 9.15 Å². The molecule has 0 atom stereocenters. The molecule has 148 valence electrons. The highest BCUT2D eigenvalue weighted by atomic mass is 127. The van der Waals surface area contributed by atoms with Crippen LogP contribution in [0.3, 0.4) is 0 Å². The zero-order valence-corrected chi connectivity index (χ0v) is 18.3. The number of ether oxygens (including phenoxy) is 1. The third kappa shape index (κ3) is 6.26. The van der Waals surface area contributed by atoms with Gasteiger partial charge >= 0.3 is 0 Å². The van der Waals surface area contributed by atoms with Crippen LogP contribution >= 0.6 is 24.0 Å². The minimum absolute atomic E-state index is 0. The van der Waals surface area contributed by atoms with Crippen molar-refractivity contribution in [3.05, 3.63) is 72.1 Å². The van der Waals surface area contributed by atoms with Gasteiger partial charge in [0.2, 0.25) is 5.89 Å². The summed E-state index contributed by atoms with van der Waals surface area (Å²) in [5.41, 5.74) is 3.00. The van der Waals surface area contributed by atoms with E-state index in [1.54, 1.807) is 20.4 Å². The molecule has 0 fully saturated rings. The van der Waals surface area contributed by atoms with E-state index in [1.165, 1.54) is 5.56 Å². The second kappa shape index (κ2) is 11.3. The van der Waals surface area contributed by atoms with Gasteiger partial charge in [0, 0.05) is 19.2 Å². The Bertz CT molecular complexity index is 881. The van der Waals surface area contributed by atoms with Crippen molar-refractivity contribution in [2.24, 2.45) is 4.99 Å². The molecule has 3 rings (SSSR count). The van der Waals surface area contributed by atoms with Crippen molar-refractivity contribution in [2.75, 3.05) is 20.7 Å². The largest absolute Gasteiger partial charge is 0.497 e. The maximum absolute atomic E-state index is 5.55. The second-order valence-electron chi connectivity index (χ2n) is 5.96. The van der Waals surface area contributed by atoms with E-state index < -0.39 is 0 Å². The van der Waals surface area contributed by atoms with Gasteiger partial charge in [-0.2, -0.15) is 0 Å². The Kier molecular flexibility index (Phi) is 8.80. The average Bonchev–Trinajstić information content (AvgIpc) is 3.20. The SMILES string of the molecule is CN=C(NCCc1cccc(OC)c1)NCc1coc(-c2ccccc2)n1.I. The molecule has 0 bridgehead atoms. The van der Waals surface area contributed by atoms with Crippen LogP contribution in [0.1, 0.15) is 11.3 Å². The lowest BCUT2D eigenvalue weighted by Gasteiger charge is -2.11. The smallest absolute Gasteiger partial charge is 0.226 e. The molecule has 6 nitrogen and oxygen atoms in total. The summed E-state index contributed by atoms with van der Waals surface area (Å²) in [7, 11) is 3.43. The summed E-state index contributed by atoms with van der Waals surface area (Å²) in [6.45, 7) is 1.30. The molecular weight excluding hydrogens is 467 g/mol. The van der Waals surface area contributed by atoms with Crippen LogP contribution in [-0.2, 0) is 13.0 Å². The molecule has 2 N–H and O–H groups in total. The first-order valence-electron chi connectivity index (χ1n) is 8.86. The molecule has 0 unspecified atom stereocenters. The third-order valence-electron chi connectivity index (χ3n) is 4.07. The molecule has 7 heteroatoms. The lowest BCUT2D eigenvalue weighted by atomic mass is 10.1. The predicted octanol–water partition coefficient (Wildman–Crippen LogP) is 3.88. The van der Waals surface area contributed by atoms with E-state index in [0.717, 1.165) is 35.9 Å². The van der Waals surface area contributed by atoms with Gasteiger partial charge in [0.15, 0.2) is 5.96 Å². The highest BCUT2D eigenvalue weighted by molar-refractivity contribution is 14.0. The monoisotopic (exact) mass is 492 g/mol. The second-order valence-corrected chi connectivity index (χ2v) is 5.96. The molecule has 3 aromatic rings. The molecule has 0 aliphatic rings. The molecule has 0 aliphatic carbocycles. The van der Waals surface area contributed by atoms with Crippen molar-refractivity contribution in [3.63, 3.8) is 0 Å². The fourth-order valence-corrected chi connectivity index (χ4v) is 2.65. The van der Waals surface area contributed by atoms with Crippen LogP contribution < -0.4 is 15.4 Å². The van der Waals surface area contributed by atoms with E-state index in [0.29, 0.717) is 12.4 Å². The topological polar surface area (TPSA) is 71.7 Å². The zero-order valence-electron chi connectivity index (χ0n) is 16.0. The van der Waals surface area contributed by atoms with Gasteiger partial charge < -0.3 is 19.8 Å². The first kappa shape index (κ1) is 21.7. The predicted molar refractivity (Wildman–Crippen MR) is 122 cm³/mol. The quantitative estimate of drug-likeness (QED) is 0.298. The van der Waals surface area contributed by atoms with Gasteiger partial charge in [-0.3, -0.25) is 4.99 Å². The van der Waals surface area contributed by atoms with Gasteiger partial charge in [0.1, 0.15) is 12.0 Å². The molecule has 0 aliphatic heterocycles. The fraction of sp³-hybridized carbons (Fsp3) is 0.238. The lowest BCUT2D eigenvalue weighted by Crippen LogP contribution is -2.37. The van der Waals surface area contributed by atoms with Crippen molar-refractivity contribution in [1.29, 1.82) is 0 Å². The van der Waals surface area contributed by atoms with E-state index in [1.807, 2.05) is 48.5 Å². The number of methoxy groups -OCH3 is 1. The summed E-state index contributed by atoms with van der Waals surface area (Å²) >= 11 is 0. The van der Waals surface area contributed by atoms with Crippen LogP contribution in [0.25, 0.3) is 11.5 Å². The maximum Gasteiger partial charge on any atom is 0.226 e. The molecule has 0 spiro atoms. The van der Waals surface area contributed by atoms with Gasteiger partial charge in [0.05, 0.1) is 19.3 Å². The fourth-order valence-electron chi connectivity index (χ4n) is 2.65. The number of halogens is 1. The molecule has 1 heterocycles. The Morgan fingerprint density at radius 2 is 1.93 bits per heavy atom. The van der Waals surface area contributed by atoms with Crippen LogP contribution in [0.15, 0.2) is 70.3 Å². The van der Waals surface area contributed by atoms with E-state index in [2.05, 4.69) is 26.7 Å². The zero-order chi connectivity index (χ0) is 18.9. The number of aliphatic imine (C=N–C) groups is 1. The number of benzene rings is 2. The summed E-state index contributed by atoms with van der Waals surface area (Å²) < 4.78 is 10.8. The van der Waals surface area contributed by atoms with Crippen LogP contribution in [0.2, 0.25) is 0 Å². The number of hydrogen-bond acceptors (Lipinski definition) is 4. The highest BCUT2D eigenvalue weighted by Crippen LogP contribution is 2.17. The standard InChI is InChI=1S/C21H24N4O2.HI/c1-22-21(23-12-11-16-7-6-10-19(13-16)26-2)24-14-18-15-27-20(25-18)17-8-4-3-5-9-17;/h3-10,13,15H,11-12,14H2,1-2H3,(H2,22,23,24);1H. The molecule has 0 saturated carbocycles. The van der Waals surface area contributed by atoms with E-state index >= 15 is 0 Å². The number of aromatic nitrogens is 1. The number of oxazole rings is 1. The molecule has 0 radical (unpaired) electrons. The Hall–Kier alpha value is -2.55. The van der Waals surface area contributed by atoms with E-state index in [9.17, 15) is 0 Å². The van der Waals surface area contributed by atoms with Crippen molar-refractivity contribution in [1.82, 2.24) is 15.6 Å². The van der Waals surface area contributed by atoms with E-state index in [-0.39, 0.29) is 24.0 Å².